The van der Waals surface area contributed by atoms with Crippen LogP contribution in [-0.4, -0.2) is 55.2 Å². The second-order valence-corrected chi connectivity index (χ2v) is 9.18. The first-order valence-electron chi connectivity index (χ1n) is 11.2. The molecule has 11 heteroatoms. The van der Waals surface area contributed by atoms with Gasteiger partial charge in [0.25, 0.3) is 5.78 Å². The Balaban J connectivity index is 1.68. The normalized spacial score (nSPS) is 18.1. The molecule has 37 heavy (non-hydrogen) atoms. The number of carbonyl (C=O) groups excluding carboxylic acids is 3. The smallest absolute Gasteiger partial charge is 0.350 e. The zero-order valence-electron chi connectivity index (χ0n) is 20.1. The highest BCUT2D eigenvalue weighted by atomic mass is 32.1. The summed E-state index contributed by atoms with van der Waals surface area (Å²) in [7, 11) is 2.77. The molecule has 1 N–H and O–H groups in total. The van der Waals surface area contributed by atoms with E-state index in [0.717, 1.165) is 11.3 Å². The van der Waals surface area contributed by atoms with E-state index >= 15 is 0 Å². The van der Waals surface area contributed by atoms with Crippen LogP contribution in [-0.2, 0) is 14.3 Å². The third-order valence-electron chi connectivity index (χ3n) is 6.05. The number of anilines is 1. The number of thiazole rings is 1. The number of ketones is 1. The SMILES string of the molecule is COC(=O)c1sc(N2C(=O)C(=O)C(=C(O)c3ccc4c(c3)OCCO4)[C@H]2c2ccc(OC)cc2)nc1C. The molecule has 1 amide bonds. The second kappa shape index (κ2) is 9.58. The van der Waals surface area contributed by atoms with Crippen LogP contribution in [0.5, 0.6) is 17.2 Å². The summed E-state index contributed by atoms with van der Waals surface area (Å²) in [6, 6.07) is 10.5. The maximum atomic E-state index is 13.4. The summed E-state index contributed by atoms with van der Waals surface area (Å²) in [6.45, 7) is 2.36. The van der Waals surface area contributed by atoms with Crippen LogP contribution in [0.1, 0.15) is 32.5 Å². The van der Waals surface area contributed by atoms with Gasteiger partial charge in [-0.1, -0.05) is 23.5 Å². The summed E-state index contributed by atoms with van der Waals surface area (Å²) in [5.74, 6) is -1.24. The van der Waals surface area contributed by atoms with Gasteiger partial charge in [0.15, 0.2) is 16.6 Å². The van der Waals surface area contributed by atoms with Crippen molar-refractivity contribution in [1.82, 2.24) is 4.98 Å². The fourth-order valence-electron chi connectivity index (χ4n) is 4.24. The first kappa shape index (κ1) is 24.3. The van der Waals surface area contributed by atoms with Crippen molar-refractivity contribution in [1.29, 1.82) is 0 Å². The number of fused-ring (bicyclic) bond motifs is 1. The Bertz CT molecular complexity index is 1440. The molecule has 3 aromatic rings. The lowest BCUT2D eigenvalue weighted by Gasteiger charge is -2.23. The molecule has 10 nitrogen and oxygen atoms in total. The predicted molar refractivity (Wildman–Crippen MR) is 133 cm³/mol. The van der Waals surface area contributed by atoms with E-state index in [1.807, 2.05) is 0 Å². The number of benzene rings is 2. The predicted octanol–water partition coefficient (Wildman–Crippen LogP) is 3.64. The van der Waals surface area contributed by atoms with Crippen molar-refractivity contribution in [3.63, 3.8) is 0 Å². The summed E-state index contributed by atoms with van der Waals surface area (Å²) in [4.78, 5) is 44.7. The maximum Gasteiger partial charge on any atom is 0.350 e. The Morgan fingerprint density at radius 3 is 2.46 bits per heavy atom. The van der Waals surface area contributed by atoms with Crippen LogP contribution < -0.4 is 19.1 Å². The maximum absolute atomic E-state index is 13.4. The molecule has 3 heterocycles. The van der Waals surface area contributed by atoms with Gasteiger partial charge in [-0.25, -0.2) is 9.78 Å². The molecule has 0 aliphatic carbocycles. The van der Waals surface area contributed by atoms with Crippen molar-refractivity contribution in [2.24, 2.45) is 0 Å². The van der Waals surface area contributed by atoms with E-state index in [4.69, 9.17) is 18.9 Å². The van der Waals surface area contributed by atoms with Crippen molar-refractivity contribution >= 4 is 39.9 Å². The largest absolute Gasteiger partial charge is 0.507 e. The summed E-state index contributed by atoms with van der Waals surface area (Å²) in [5.41, 5.74) is 1.05. The van der Waals surface area contributed by atoms with Crippen LogP contribution in [0.25, 0.3) is 5.76 Å². The Labute approximate surface area is 215 Å². The van der Waals surface area contributed by atoms with Crippen molar-refractivity contribution in [3.05, 3.63) is 69.7 Å². The zero-order chi connectivity index (χ0) is 26.3. The third-order valence-corrected chi connectivity index (χ3v) is 7.19. The zero-order valence-corrected chi connectivity index (χ0v) is 21.0. The number of nitrogens with zero attached hydrogens (tertiary/aromatic N) is 2. The van der Waals surface area contributed by atoms with Crippen LogP contribution in [0.15, 0.2) is 48.0 Å². The topological polar surface area (TPSA) is 124 Å². The minimum Gasteiger partial charge on any atom is -0.507 e. The average Bonchev–Trinajstić information content (AvgIpc) is 3.43. The molecule has 0 bridgehead atoms. The highest BCUT2D eigenvalue weighted by Gasteiger charge is 2.48. The van der Waals surface area contributed by atoms with Crippen LogP contribution in [0.2, 0.25) is 0 Å². The van der Waals surface area contributed by atoms with E-state index in [1.165, 1.54) is 19.1 Å². The van der Waals surface area contributed by atoms with E-state index in [1.54, 1.807) is 49.4 Å². The van der Waals surface area contributed by atoms with Gasteiger partial charge in [0.1, 0.15) is 29.6 Å². The number of rotatable bonds is 5. The van der Waals surface area contributed by atoms with E-state index < -0.39 is 23.7 Å². The molecule has 2 aliphatic heterocycles. The lowest BCUT2D eigenvalue weighted by Crippen LogP contribution is -2.29. The standard InChI is InChI=1S/C26H22N2O8S/c1-13-23(25(32)34-3)37-26(27-13)28-20(14-4-7-16(33-2)8-5-14)19(22(30)24(28)31)21(29)15-6-9-17-18(12-15)36-11-10-35-17/h4-9,12,20,29H,10-11H2,1-3H3/t20-/m1/s1. The van der Waals surface area contributed by atoms with Crippen molar-refractivity contribution in [2.75, 3.05) is 32.3 Å². The van der Waals surface area contributed by atoms with Crippen molar-refractivity contribution in [3.8, 4) is 17.2 Å². The fourth-order valence-corrected chi connectivity index (χ4v) is 5.26. The number of aryl methyl sites for hydroxylation is 1. The van der Waals surface area contributed by atoms with E-state index in [0.29, 0.717) is 41.7 Å². The van der Waals surface area contributed by atoms with Crippen molar-refractivity contribution in [2.45, 2.75) is 13.0 Å². The number of amides is 1. The molecule has 1 aromatic heterocycles. The molecular weight excluding hydrogens is 500 g/mol. The number of esters is 1. The number of methoxy groups -OCH3 is 2. The minimum atomic E-state index is -1.02. The van der Waals surface area contributed by atoms with Gasteiger partial charge in [-0.2, -0.15) is 0 Å². The van der Waals surface area contributed by atoms with Gasteiger partial charge in [0.2, 0.25) is 0 Å². The quantitative estimate of drug-likeness (QED) is 0.231. The van der Waals surface area contributed by atoms with E-state index in [9.17, 15) is 19.5 Å². The van der Waals surface area contributed by atoms with Crippen LogP contribution >= 0.6 is 11.3 Å². The van der Waals surface area contributed by atoms with Gasteiger partial charge >= 0.3 is 11.9 Å². The minimum absolute atomic E-state index is 0.126. The molecule has 190 valence electrons. The molecular formula is C26H22N2O8S. The highest BCUT2D eigenvalue weighted by Crippen LogP contribution is 2.45. The number of ether oxygens (including phenoxy) is 4. The Kier molecular flexibility index (Phi) is 6.30. The molecule has 0 spiro atoms. The summed E-state index contributed by atoms with van der Waals surface area (Å²) < 4.78 is 21.2. The van der Waals surface area contributed by atoms with Gasteiger partial charge in [-0.3, -0.25) is 14.5 Å². The number of Topliss-reactive ketones (excluding diaryl/α,β-unsaturated/α-hetero) is 1. The van der Waals surface area contributed by atoms with Crippen LogP contribution in [0, 0.1) is 6.92 Å². The van der Waals surface area contributed by atoms with Crippen molar-refractivity contribution < 1.29 is 38.4 Å². The number of hydrogen-bond donors (Lipinski definition) is 1. The molecule has 1 saturated heterocycles. The first-order chi connectivity index (χ1) is 17.8. The molecule has 2 aromatic carbocycles. The summed E-state index contributed by atoms with van der Waals surface area (Å²) in [5, 5.41) is 11.5. The Morgan fingerprint density at radius 1 is 1.08 bits per heavy atom. The monoisotopic (exact) mass is 522 g/mol. The van der Waals surface area contributed by atoms with Gasteiger partial charge < -0.3 is 24.1 Å². The van der Waals surface area contributed by atoms with Gasteiger partial charge in [0, 0.05) is 5.56 Å². The van der Waals surface area contributed by atoms with Crippen LogP contribution in [0.3, 0.4) is 0 Å². The van der Waals surface area contributed by atoms with E-state index in [-0.39, 0.29) is 26.9 Å². The Morgan fingerprint density at radius 2 is 1.78 bits per heavy atom. The third kappa shape index (κ3) is 4.16. The average molecular weight is 523 g/mol. The number of aliphatic hydroxyl groups is 1. The molecule has 0 saturated carbocycles. The molecule has 1 atom stereocenters. The molecule has 2 aliphatic rings. The number of hydrogen-bond acceptors (Lipinski definition) is 10. The number of carbonyl (C=O) groups is 3. The fraction of sp³-hybridized carbons (Fsp3) is 0.231. The number of aromatic nitrogens is 1. The molecule has 1 fully saturated rings. The van der Waals surface area contributed by atoms with Gasteiger partial charge in [0.05, 0.1) is 31.5 Å². The highest BCUT2D eigenvalue weighted by molar-refractivity contribution is 7.17. The van der Waals surface area contributed by atoms with Gasteiger partial charge in [-0.05, 0) is 42.8 Å². The molecule has 0 radical (unpaired) electrons. The molecule has 5 rings (SSSR count). The molecule has 0 unspecified atom stereocenters. The van der Waals surface area contributed by atoms with Gasteiger partial charge in [-0.15, -0.1) is 0 Å². The first-order valence-corrected chi connectivity index (χ1v) is 12.1. The van der Waals surface area contributed by atoms with E-state index in [2.05, 4.69) is 4.98 Å². The second-order valence-electron chi connectivity index (χ2n) is 8.20. The summed E-state index contributed by atoms with van der Waals surface area (Å²) >= 11 is 0.931. The Hall–Kier alpha value is -4.38. The van der Waals surface area contributed by atoms with Crippen LogP contribution in [0.4, 0.5) is 5.13 Å². The lowest BCUT2D eigenvalue weighted by atomic mass is 9.95. The summed E-state index contributed by atoms with van der Waals surface area (Å²) in [6.07, 6.45) is 0. The number of aliphatic hydroxyl groups excluding tert-OH is 1. The lowest BCUT2D eigenvalue weighted by molar-refractivity contribution is -0.132.